The number of carbonyl (C=O) groups is 1. The maximum Gasteiger partial charge on any atom is 0.223 e. The van der Waals surface area contributed by atoms with Crippen LogP contribution in [0.3, 0.4) is 0 Å². The van der Waals surface area contributed by atoms with Crippen molar-refractivity contribution in [1.29, 1.82) is 0 Å². The fourth-order valence-electron chi connectivity index (χ4n) is 2.90. The van der Waals surface area contributed by atoms with Crippen molar-refractivity contribution >= 4 is 16.9 Å². The van der Waals surface area contributed by atoms with Crippen molar-refractivity contribution in [3.8, 4) is 0 Å². The molecule has 118 valence electrons. The third-order valence-corrected chi connectivity index (χ3v) is 4.26. The lowest BCUT2D eigenvalue weighted by Gasteiger charge is -2.26. The largest absolute Gasteiger partial charge is 0.381 e. The molecule has 1 aliphatic heterocycles. The lowest BCUT2D eigenvalue weighted by Crippen LogP contribution is -2.38. The number of nitrogens with one attached hydrogen (secondary N) is 2. The van der Waals surface area contributed by atoms with E-state index in [1.165, 1.54) is 0 Å². The van der Waals surface area contributed by atoms with Gasteiger partial charge in [0.25, 0.3) is 0 Å². The van der Waals surface area contributed by atoms with E-state index in [-0.39, 0.29) is 23.8 Å². The third kappa shape index (κ3) is 3.14. The topological polar surface area (TPSA) is 67.0 Å². The number of nitrogens with zero attached hydrogens (tertiary/aromatic N) is 1. The summed E-state index contributed by atoms with van der Waals surface area (Å²) in [5.41, 5.74) is 1.94. The molecule has 1 saturated heterocycles. The number of carbonyl (C=O) groups excluding carboxylic acids is 1. The van der Waals surface area contributed by atoms with Crippen molar-refractivity contribution in [3.63, 3.8) is 0 Å². The van der Waals surface area contributed by atoms with Crippen LogP contribution in [0.2, 0.25) is 0 Å². The van der Waals surface area contributed by atoms with Crippen LogP contribution in [-0.4, -0.2) is 29.1 Å². The van der Waals surface area contributed by atoms with Crippen LogP contribution in [0.5, 0.6) is 0 Å². The predicted molar refractivity (Wildman–Crippen MR) is 85.4 cm³/mol. The summed E-state index contributed by atoms with van der Waals surface area (Å²) >= 11 is 0. The number of fused-ring (bicyclic) bond motifs is 1. The van der Waals surface area contributed by atoms with Gasteiger partial charge in [-0.25, -0.2) is 4.98 Å². The molecule has 1 unspecified atom stereocenters. The zero-order valence-electron chi connectivity index (χ0n) is 13.1. The van der Waals surface area contributed by atoms with Crippen molar-refractivity contribution in [1.82, 2.24) is 15.3 Å². The van der Waals surface area contributed by atoms with E-state index >= 15 is 0 Å². The number of imidazole rings is 1. The molecule has 0 saturated carbocycles. The van der Waals surface area contributed by atoms with Crippen LogP contribution in [0.4, 0.5) is 0 Å². The first kappa shape index (κ1) is 15.0. The SMILES string of the molecule is CC(C)C(NC(=O)C1CCOCC1)c1nc2ccccc2[nH]1. The second kappa shape index (κ2) is 6.48. The van der Waals surface area contributed by atoms with Gasteiger partial charge in [-0.15, -0.1) is 0 Å². The van der Waals surface area contributed by atoms with Gasteiger partial charge in [-0.05, 0) is 30.9 Å². The molecule has 2 N–H and O–H groups in total. The minimum absolute atomic E-state index is 0.0550. The molecule has 1 aromatic carbocycles. The first-order chi connectivity index (χ1) is 10.6. The number of para-hydroxylation sites is 2. The molecule has 5 heteroatoms. The first-order valence-corrected chi connectivity index (χ1v) is 7.98. The normalized spacial score (nSPS) is 17.8. The average molecular weight is 301 g/mol. The zero-order chi connectivity index (χ0) is 15.5. The number of hydrogen-bond donors (Lipinski definition) is 2. The Bertz CT molecular complexity index is 611. The number of ether oxygens (including phenoxy) is 1. The number of aromatic nitrogens is 2. The van der Waals surface area contributed by atoms with Gasteiger partial charge >= 0.3 is 0 Å². The van der Waals surface area contributed by atoms with Gasteiger partial charge in [0.05, 0.1) is 17.1 Å². The van der Waals surface area contributed by atoms with E-state index in [0.717, 1.165) is 29.7 Å². The Morgan fingerprint density at radius 3 is 2.73 bits per heavy atom. The van der Waals surface area contributed by atoms with Crippen molar-refractivity contribution < 1.29 is 9.53 Å². The first-order valence-electron chi connectivity index (χ1n) is 7.98. The molecule has 0 spiro atoms. The summed E-state index contributed by atoms with van der Waals surface area (Å²) in [6, 6.07) is 7.84. The number of benzene rings is 1. The van der Waals surface area contributed by atoms with Gasteiger partial charge in [0, 0.05) is 19.1 Å². The summed E-state index contributed by atoms with van der Waals surface area (Å²) in [7, 11) is 0. The highest BCUT2D eigenvalue weighted by Gasteiger charge is 2.27. The van der Waals surface area contributed by atoms with E-state index in [4.69, 9.17) is 4.74 Å². The second-order valence-corrected chi connectivity index (χ2v) is 6.26. The molecule has 1 aromatic heterocycles. The molecule has 22 heavy (non-hydrogen) atoms. The van der Waals surface area contributed by atoms with Gasteiger partial charge in [-0.3, -0.25) is 4.79 Å². The molecule has 1 aliphatic rings. The summed E-state index contributed by atoms with van der Waals surface area (Å²) in [5, 5.41) is 3.18. The van der Waals surface area contributed by atoms with Crippen molar-refractivity contribution in [2.75, 3.05) is 13.2 Å². The number of hydrogen-bond acceptors (Lipinski definition) is 3. The highest BCUT2D eigenvalue weighted by atomic mass is 16.5. The number of aromatic amines is 1. The van der Waals surface area contributed by atoms with Crippen molar-refractivity contribution in [3.05, 3.63) is 30.1 Å². The predicted octanol–water partition coefficient (Wildman–Crippen LogP) is 2.80. The Balaban J connectivity index is 1.78. The highest BCUT2D eigenvalue weighted by Crippen LogP contribution is 2.24. The minimum atomic E-state index is -0.0947. The van der Waals surface area contributed by atoms with Crippen LogP contribution in [0, 0.1) is 11.8 Å². The zero-order valence-corrected chi connectivity index (χ0v) is 13.1. The maximum absolute atomic E-state index is 12.5. The fraction of sp³-hybridized carbons (Fsp3) is 0.529. The number of H-pyrrole nitrogens is 1. The van der Waals surface area contributed by atoms with Gasteiger partial charge in [-0.1, -0.05) is 26.0 Å². The van der Waals surface area contributed by atoms with E-state index in [2.05, 4.69) is 29.1 Å². The summed E-state index contributed by atoms with van der Waals surface area (Å²) in [4.78, 5) is 20.5. The second-order valence-electron chi connectivity index (χ2n) is 6.26. The van der Waals surface area contributed by atoms with Crippen LogP contribution >= 0.6 is 0 Å². The van der Waals surface area contributed by atoms with E-state index < -0.39 is 0 Å². The molecule has 1 atom stereocenters. The van der Waals surface area contributed by atoms with Gasteiger partial charge in [0.1, 0.15) is 5.82 Å². The standard InChI is InChI=1S/C17H23N3O2/c1-11(2)15(20-17(21)12-7-9-22-10-8-12)16-18-13-5-3-4-6-14(13)19-16/h3-6,11-12,15H,7-10H2,1-2H3,(H,18,19)(H,20,21). The molecule has 2 heterocycles. The number of amides is 1. The monoisotopic (exact) mass is 301 g/mol. The molecule has 0 aliphatic carbocycles. The summed E-state index contributed by atoms with van der Waals surface area (Å²) in [5.74, 6) is 1.27. The van der Waals surface area contributed by atoms with Crippen LogP contribution in [0.15, 0.2) is 24.3 Å². The quantitative estimate of drug-likeness (QED) is 0.912. The Morgan fingerprint density at radius 1 is 1.32 bits per heavy atom. The third-order valence-electron chi connectivity index (χ3n) is 4.26. The van der Waals surface area contributed by atoms with E-state index in [1.54, 1.807) is 0 Å². The van der Waals surface area contributed by atoms with E-state index in [1.807, 2.05) is 24.3 Å². The summed E-state index contributed by atoms with van der Waals surface area (Å²) in [6.07, 6.45) is 1.60. The fourth-order valence-corrected chi connectivity index (χ4v) is 2.90. The Kier molecular flexibility index (Phi) is 4.43. The molecule has 3 rings (SSSR count). The van der Waals surface area contributed by atoms with Crippen LogP contribution in [-0.2, 0) is 9.53 Å². The van der Waals surface area contributed by atoms with Gasteiger partial charge in [0.15, 0.2) is 0 Å². The smallest absolute Gasteiger partial charge is 0.223 e. The van der Waals surface area contributed by atoms with Gasteiger partial charge in [0.2, 0.25) is 5.91 Å². The maximum atomic E-state index is 12.5. The van der Waals surface area contributed by atoms with Crippen LogP contribution < -0.4 is 5.32 Å². The highest BCUT2D eigenvalue weighted by molar-refractivity contribution is 5.79. The van der Waals surface area contributed by atoms with Crippen LogP contribution in [0.25, 0.3) is 11.0 Å². The Labute approximate surface area is 130 Å². The molecule has 0 radical (unpaired) electrons. The lowest BCUT2D eigenvalue weighted by molar-refractivity contribution is -0.129. The molecular weight excluding hydrogens is 278 g/mol. The molecule has 5 nitrogen and oxygen atoms in total. The minimum Gasteiger partial charge on any atom is -0.381 e. The molecule has 1 amide bonds. The summed E-state index contributed by atoms with van der Waals surface area (Å²) < 4.78 is 5.33. The van der Waals surface area contributed by atoms with Crippen molar-refractivity contribution in [2.24, 2.45) is 11.8 Å². The average Bonchev–Trinajstić information content (AvgIpc) is 2.96. The Hall–Kier alpha value is -1.88. The lowest BCUT2D eigenvalue weighted by atomic mass is 9.97. The van der Waals surface area contributed by atoms with Gasteiger partial charge < -0.3 is 15.0 Å². The van der Waals surface area contributed by atoms with Crippen molar-refractivity contribution in [2.45, 2.75) is 32.7 Å². The summed E-state index contributed by atoms with van der Waals surface area (Å²) in [6.45, 7) is 5.55. The molecule has 2 aromatic rings. The molecule has 0 bridgehead atoms. The van der Waals surface area contributed by atoms with E-state index in [9.17, 15) is 4.79 Å². The van der Waals surface area contributed by atoms with Crippen LogP contribution in [0.1, 0.15) is 38.6 Å². The Morgan fingerprint density at radius 2 is 2.05 bits per heavy atom. The number of rotatable bonds is 4. The van der Waals surface area contributed by atoms with Gasteiger partial charge in [-0.2, -0.15) is 0 Å². The molecule has 1 fully saturated rings. The van der Waals surface area contributed by atoms with E-state index in [0.29, 0.717) is 13.2 Å². The molecular formula is C17H23N3O2.